The van der Waals surface area contributed by atoms with Crippen LogP contribution in [0.4, 0.5) is 5.82 Å². The maximum Gasteiger partial charge on any atom is 0.296 e. The molecule has 0 saturated heterocycles. The quantitative estimate of drug-likeness (QED) is 0.211. The lowest BCUT2D eigenvalue weighted by Crippen LogP contribution is -2.00. The minimum Gasteiger partial charge on any atom is -0.359 e. The van der Waals surface area contributed by atoms with Gasteiger partial charge in [-0.05, 0) is 34.9 Å². The summed E-state index contributed by atoms with van der Waals surface area (Å²) in [5.74, 6) is 2.24. The van der Waals surface area contributed by atoms with Crippen molar-refractivity contribution in [1.29, 1.82) is 0 Å². The van der Waals surface area contributed by atoms with Crippen LogP contribution in [-0.4, -0.2) is 24.3 Å². The molecule has 6 heteroatoms. The first kappa shape index (κ1) is 24.1. The fourth-order valence-corrected chi connectivity index (χ4v) is 4.95. The zero-order valence-electron chi connectivity index (χ0n) is 21.9. The highest BCUT2D eigenvalue weighted by Crippen LogP contribution is 2.34. The Kier molecular flexibility index (Phi) is 6.08. The Hall–Kier alpha value is -5.93. The molecule has 0 aliphatic rings. The Morgan fingerprint density at radius 2 is 0.951 bits per heavy atom. The number of benzene rings is 4. The normalized spacial score (nSPS) is 10.9. The zero-order valence-corrected chi connectivity index (χ0v) is 21.9. The minimum atomic E-state index is 0.383. The number of fused-ring (bicyclic) bond motifs is 1. The number of rotatable bonds is 5. The Labute approximate surface area is 237 Å². The molecule has 3 aromatic heterocycles. The van der Waals surface area contributed by atoms with E-state index in [9.17, 15) is 0 Å². The van der Waals surface area contributed by atoms with Gasteiger partial charge in [0.15, 0.2) is 17.5 Å². The molecule has 0 spiro atoms. The summed E-state index contributed by atoms with van der Waals surface area (Å²) < 4.78 is 1.96. The molecule has 0 N–H and O–H groups in total. The van der Waals surface area contributed by atoms with Crippen molar-refractivity contribution in [3.8, 4) is 56.5 Å². The van der Waals surface area contributed by atoms with Crippen LogP contribution in [-0.2, 0) is 0 Å². The maximum absolute atomic E-state index is 7.70. The Morgan fingerprint density at radius 3 is 1.56 bits per heavy atom. The molecule has 0 saturated carbocycles. The highest BCUT2D eigenvalue weighted by Gasteiger charge is 2.17. The van der Waals surface area contributed by atoms with E-state index in [0.29, 0.717) is 23.3 Å². The van der Waals surface area contributed by atoms with Gasteiger partial charge in [-0.1, -0.05) is 115 Å². The van der Waals surface area contributed by atoms with Gasteiger partial charge in [-0.25, -0.2) is 15.0 Å². The molecule has 192 valence electrons. The van der Waals surface area contributed by atoms with E-state index < -0.39 is 0 Å². The predicted molar refractivity (Wildman–Crippen MR) is 162 cm³/mol. The van der Waals surface area contributed by atoms with Gasteiger partial charge < -0.3 is 4.85 Å². The summed E-state index contributed by atoms with van der Waals surface area (Å²) in [5.41, 5.74) is 7.25. The Bertz CT molecular complexity index is 2000. The molecule has 0 unspecified atom stereocenters. The summed E-state index contributed by atoms with van der Waals surface area (Å²) in [5, 5.41) is 0. The number of nitrogens with zero attached hydrogens (tertiary/aromatic N) is 6. The van der Waals surface area contributed by atoms with E-state index in [1.54, 1.807) is 0 Å². The van der Waals surface area contributed by atoms with Crippen molar-refractivity contribution in [3.63, 3.8) is 0 Å². The summed E-state index contributed by atoms with van der Waals surface area (Å²) in [6.45, 7) is 7.70. The third kappa shape index (κ3) is 4.62. The van der Waals surface area contributed by atoms with E-state index in [4.69, 9.17) is 21.5 Å². The summed E-state index contributed by atoms with van der Waals surface area (Å²) >= 11 is 0. The van der Waals surface area contributed by atoms with Gasteiger partial charge in [0.05, 0.1) is 5.69 Å². The highest BCUT2D eigenvalue weighted by atomic mass is 15.1. The topological polar surface area (TPSA) is 60.3 Å². The predicted octanol–water partition coefficient (Wildman–Crippen LogP) is 8.41. The number of pyridine rings is 1. The lowest BCUT2D eigenvalue weighted by atomic mass is 9.99. The fraction of sp³-hybridized carbons (Fsp3) is 0. The second-order valence-electron chi connectivity index (χ2n) is 9.52. The second kappa shape index (κ2) is 10.3. The van der Waals surface area contributed by atoms with Gasteiger partial charge in [-0.3, -0.25) is 4.40 Å². The van der Waals surface area contributed by atoms with Crippen LogP contribution >= 0.6 is 0 Å². The van der Waals surface area contributed by atoms with Gasteiger partial charge in [-0.15, -0.1) is 0 Å². The van der Waals surface area contributed by atoms with Crippen LogP contribution < -0.4 is 0 Å². The van der Waals surface area contributed by atoms with Crippen LogP contribution in [0.15, 0.2) is 134 Å². The third-order valence-electron chi connectivity index (χ3n) is 6.91. The van der Waals surface area contributed by atoms with E-state index in [0.717, 1.165) is 44.7 Å². The van der Waals surface area contributed by atoms with Gasteiger partial charge in [0.2, 0.25) is 5.65 Å². The van der Waals surface area contributed by atoms with Crippen molar-refractivity contribution in [2.75, 3.05) is 0 Å². The van der Waals surface area contributed by atoms with Crippen molar-refractivity contribution in [2.24, 2.45) is 0 Å². The van der Waals surface area contributed by atoms with Crippen molar-refractivity contribution in [2.45, 2.75) is 0 Å². The maximum atomic E-state index is 7.70. The van der Waals surface area contributed by atoms with Gasteiger partial charge in [0.25, 0.3) is 5.82 Å². The first-order valence-electron chi connectivity index (χ1n) is 13.2. The van der Waals surface area contributed by atoms with Crippen molar-refractivity contribution < 1.29 is 0 Å². The highest BCUT2D eigenvalue weighted by molar-refractivity contribution is 5.81. The van der Waals surface area contributed by atoms with E-state index in [-0.39, 0.29) is 0 Å². The lowest BCUT2D eigenvalue weighted by molar-refractivity contribution is 1.07. The lowest BCUT2D eigenvalue weighted by Gasteiger charge is -2.10. The van der Waals surface area contributed by atoms with Crippen LogP contribution in [0.3, 0.4) is 0 Å². The molecule has 7 rings (SSSR count). The molecule has 0 fully saturated rings. The smallest absolute Gasteiger partial charge is 0.296 e. The standard InChI is InChI=1S/C35H22N6/c1-36-35-31(41-21-9-8-20-30(41)37-35)28-18-10-16-26(22-28)27-17-11-19-29(23-27)34-39-32(24-12-4-2-5-13-24)38-33(40-34)25-14-6-3-7-15-25/h2-23H. The van der Waals surface area contributed by atoms with Gasteiger partial charge in [-0.2, -0.15) is 0 Å². The summed E-state index contributed by atoms with van der Waals surface area (Å²) in [7, 11) is 0. The second-order valence-corrected chi connectivity index (χ2v) is 9.52. The van der Waals surface area contributed by atoms with Crippen LogP contribution in [0.2, 0.25) is 0 Å². The first-order chi connectivity index (χ1) is 20.3. The average Bonchev–Trinajstić information content (AvgIpc) is 3.44. The molecule has 0 amide bonds. The molecular formula is C35H22N6. The minimum absolute atomic E-state index is 0.383. The van der Waals surface area contributed by atoms with Crippen molar-refractivity contribution in [3.05, 3.63) is 145 Å². The van der Waals surface area contributed by atoms with E-state index in [1.807, 2.05) is 114 Å². The SMILES string of the molecule is [C-]#[N+]c1nc2ccccn2c1-c1cccc(-c2cccc(-c3nc(-c4ccccc4)nc(-c4ccccc4)n3)c2)c1. The Balaban J connectivity index is 1.34. The fourth-order valence-electron chi connectivity index (χ4n) is 4.95. The third-order valence-corrected chi connectivity index (χ3v) is 6.91. The van der Waals surface area contributed by atoms with Gasteiger partial charge >= 0.3 is 0 Å². The average molecular weight is 527 g/mol. The monoisotopic (exact) mass is 526 g/mol. The molecule has 41 heavy (non-hydrogen) atoms. The molecule has 6 nitrogen and oxygen atoms in total. The van der Waals surface area contributed by atoms with Crippen LogP contribution in [0.25, 0.3) is 67.0 Å². The summed E-state index contributed by atoms with van der Waals surface area (Å²) in [4.78, 5) is 22.8. The molecule has 7 aromatic rings. The van der Waals surface area contributed by atoms with Crippen LogP contribution in [0, 0.1) is 6.57 Å². The largest absolute Gasteiger partial charge is 0.359 e. The summed E-state index contributed by atoms with van der Waals surface area (Å²) in [6, 6.07) is 42.1. The number of imidazole rings is 1. The molecule has 0 atom stereocenters. The van der Waals surface area contributed by atoms with Crippen molar-refractivity contribution in [1.82, 2.24) is 24.3 Å². The van der Waals surface area contributed by atoms with Crippen molar-refractivity contribution >= 4 is 11.5 Å². The van der Waals surface area contributed by atoms with E-state index >= 15 is 0 Å². The van der Waals surface area contributed by atoms with Gasteiger partial charge in [0, 0.05) is 29.0 Å². The Morgan fingerprint density at radius 1 is 0.463 bits per heavy atom. The molecule has 0 aliphatic carbocycles. The van der Waals surface area contributed by atoms with Crippen LogP contribution in [0.1, 0.15) is 0 Å². The number of hydrogen-bond acceptors (Lipinski definition) is 4. The molecule has 4 aromatic carbocycles. The number of aromatic nitrogens is 5. The summed E-state index contributed by atoms with van der Waals surface area (Å²) in [6.07, 6.45) is 1.94. The molecule has 0 bridgehead atoms. The van der Waals surface area contributed by atoms with Crippen LogP contribution in [0.5, 0.6) is 0 Å². The molecule has 0 aliphatic heterocycles. The molecular weight excluding hydrogens is 504 g/mol. The van der Waals surface area contributed by atoms with E-state index in [2.05, 4.69) is 34.1 Å². The van der Waals surface area contributed by atoms with E-state index in [1.165, 1.54) is 0 Å². The molecule has 3 heterocycles. The number of hydrogen-bond donors (Lipinski definition) is 0. The zero-order chi connectivity index (χ0) is 27.6. The van der Waals surface area contributed by atoms with Gasteiger partial charge in [0.1, 0.15) is 0 Å². The first-order valence-corrected chi connectivity index (χ1v) is 13.2. The molecule has 0 radical (unpaired) electrons.